The molecule has 1 rings (SSSR count). The van der Waals surface area contributed by atoms with Crippen molar-refractivity contribution in [3.8, 4) is 0 Å². The maximum atomic E-state index is 11.6. The molecule has 5 nitrogen and oxygen atoms in total. The lowest BCUT2D eigenvalue weighted by Gasteiger charge is -2.09. The second-order valence-corrected chi connectivity index (χ2v) is 4.05. The fourth-order valence-corrected chi connectivity index (χ4v) is 1.20. The molecule has 1 heterocycles. The minimum atomic E-state index is -0.200. The molecule has 1 aromatic heterocycles. The van der Waals surface area contributed by atoms with Gasteiger partial charge >= 0.3 is 0 Å². The molecule has 1 amide bonds. The summed E-state index contributed by atoms with van der Waals surface area (Å²) in [5, 5.41) is 2.77. The molecule has 16 heavy (non-hydrogen) atoms. The van der Waals surface area contributed by atoms with Crippen LogP contribution in [0.3, 0.4) is 0 Å². The van der Waals surface area contributed by atoms with E-state index in [2.05, 4.69) is 5.32 Å². The predicted molar refractivity (Wildman–Crippen MR) is 62.2 cm³/mol. The van der Waals surface area contributed by atoms with Gasteiger partial charge in [0, 0.05) is 13.1 Å². The van der Waals surface area contributed by atoms with Crippen LogP contribution < -0.4 is 11.1 Å². The van der Waals surface area contributed by atoms with Gasteiger partial charge in [-0.15, -0.1) is 0 Å². The topological polar surface area (TPSA) is 71.5 Å². The van der Waals surface area contributed by atoms with E-state index in [0.29, 0.717) is 18.1 Å². The molecule has 3 N–H and O–H groups in total. The van der Waals surface area contributed by atoms with Crippen LogP contribution in [0.15, 0.2) is 16.5 Å². The summed E-state index contributed by atoms with van der Waals surface area (Å²) < 4.78 is 5.31. The van der Waals surface area contributed by atoms with Crippen LogP contribution in [0.1, 0.15) is 29.3 Å². The maximum Gasteiger partial charge on any atom is 0.287 e. The zero-order chi connectivity index (χ0) is 12.1. The average Bonchev–Trinajstić information content (AvgIpc) is 2.65. The van der Waals surface area contributed by atoms with Crippen LogP contribution in [0.5, 0.6) is 0 Å². The van der Waals surface area contributed by atoms with Crippen molar-refractivity contribution >= 4 is 5.91 Å². The molecule has 5 heteroatoms. The molecule has 90 valence electrons. The van der Waals surface area contributed by atoms with Gasteiger partial charge in [0.1, 0.15) is 5.76 Å². The van der Waals surface area contributed by atoms with Gasteiger partial charge in [-0.3, -0.25) is 4.79 Å². The van der Waals surface area contributed by atoms with Gasteiger partial charge in [-0.1, -0.05) is 0 Å². The molecule has 0 aliphatic rings. The molecule has 0 bridgehead atoms. The molecular formula is C11H19N3O2. The summed E-state index contributed by atoms with van der Waals surface area (Å²) in [6.45, 7) is 3.21. The largest absolute Gasteiger partial charge is 0.454 e. The molecule has 0 saturated carbocycles. The minimum absolute atomic E-state index is 0.191. The van der Waals surface area contributed by atoms with E-state index in [-0.39, 0.29) is 11.9 Å². The van der Waals surface area contributed by atoms with E-state index in [1.54, 1.807) is 12.1 Å². The normalized spacial score (nSPS) is 12.8. The number of nitrogens with two attached hydrogens (primary N) is 1. The Labute approximate surface area is 95.6 Å². The number of nitrogens with one attached hydrogen (secondary N) is 1. The van der Waals surface area contributed by atoms with E-state index in [1.165, 1.54) is 0 Å². The summed E-state index contributed by atoms with van der Waals surface area (Å²) in [6.07, 6.45) is 0. The molecule has 0 radical (unpaired) electrons. The zero-order valence-corrected chi connectivity index (χ0v) is 9.99. The molecule has 0 aliphatic heterocycles. The third-order valence-electron chi connectivity index (χ3n) is 2.14. The van der Waals surface area contributed by atoms with Gasteiger partial charge in [0.2, 0.25) is 0 Å². The SMILES string of the molecule is CC(N)c1ccc(C(=O)NCCN(C)C)o1. The summed E-state index contributed by atoms with van der Waals surface area (Å²) in [5.41, 5.74) is 5.63. The number of carbonyl (C=O) groups is 1. The Balaban J connectivity index is 2.46. The van der Waals surface area contributed by atoms with Crippen molar-refractivity contribution in [2.75, 3.05) is 27.2 Å². The van der Waals surface area contributed by atoms with E-state index < -0.39 is 0 Å². The summed E-state index contributed by atoms with van der Waals surface area (Å²) in [4.78, 5) is 13.6. The summed E-state index contributed by atoms with van der Waals surface area (Å²) >= 11 is 0. The van der Waals surface area contributed by atoms with Gasteiger partial charge in [-0.05, 0) is 33.2 Å². The molecule has 1 unspecified atom stereocenters. The Morgan fingerprint density at radius 2 is 2.25 bits per heavy atom. The van der Waals surface area contributed by atoms with Gasteiger partial charge in [0.25, 0.3) is 5.91 Å². The van der Waals surface area contributed by atoms with Crippen LogP contribution in [-0.4, -0.2) is 38.0 Å². The number of hydrogen-bond donors (Lipinski definition) is 2. The monoisotopic (exact) mass is 225 g/mol. The Hall–Kier alpha value is -1.33. The van der Waals surface area contributed by atoms with Crippen LogP contribution in [0, 0.1) is 0 Å². The van der Waals surface area contributed by atoms with Gasteiger partial charge in [-0.25, -0.2) is 0 Å². The van der Waals surface area contributed by atoms with Crippen LogP contribution in [0.25, 0.3) is 0 Å². The molecule has 0 saturated heterocycles. The molecule has 0 aliphatic carbocycles. The number of hydrogen-bond acceptors (Lipinski definition) is 4. The van der Waals surface area contributed by atoms with Crippen molar-refractivity contribution < 1.29 is 9.21 Å². The summed E-state index contributed by atoms with van der Waals surface area (Å²) in [6, 6.07) is 3.18. The van der Waals surface area contributed by atoms with Crippen molar-refractivity contribution in [1.82, 2.24) is 10.2 Å². The second-order valence-electron chi connectivity index (χ2n) is 4.05. The van der Waals surface area contributed by atoms with Crippen LogP contribution in [0.2, 0.25) is 0 Å². The molecule has 1 aromatic rings. The lowest BCUT2D eigenvalue weighted by molar-refractivity contribution is 0.0921. The van der Waals surface area contributed by atoms with Crippen molar-refractivity contribution in [3.63, 3.8) is 0 Å². The number of carbonyl (C=O) groups excluding carboxylic acids is 1. The van der Waals surface area contributed by atoms with Gasteiger partial charge in [-0.2, -0.15) is 0 Å². The average molecular weight is 225 g/mol. The Bertz CT molecular complexity index is 345. The molecular weight excluding hydrogens is 206 g/mol. The number of likely N-dealkylation sites (N-methyl/N-ethyl adjacent to an activating group) is 1. The zero-order valence-electron chi connectivity index (χ0n) is 9.99. The predicted octanol–water partition coefficient (Wildman–Crippen LogP) is 0.591. The standard InChI is InChI=1S/C11H19N3O2/c1-8(12)9-4-5-10(16-9)11(15)13-6-7-14(2)3/h4-5,8H,6-7,12H2,1-3H3,(H,13,15). The van der Waals surface area contributed by atoms with E-state index in [9.17, 15) is 4.79 Å². The third kappa shape index (κ3) is 3.67. The Kier molecular flexibility index (Phi) is 4.52. The highest BCUT2D eigenvalue weighted by Crippen LogP contribution is 2.13. The number of nitrogens with zero attached hydrogens (tertiary/aromatic N) is 1. The van der Waals surface area contributed by atoms with Crippen LogP contribution >= 0.6 is 0 Å². The van der Waals surface area contributed by atoms with Gasteiger partial charge in [0.15, 0.2) is 5.76 Å². The quantitative estimate of drug-likeness (QED) is 0.769. The van der Waals surface area contributed by atoms with Crippen molar-refractivity contribution in [3.05, 3.63) is 23.7 Å². The first kappa shape index (κ1) is 12.7. The molecule has 1 atom stereocenters. The van der Waals surface area contributed by atoms with E-state index in [4.69, 9.17) is 10.2 Å². The highest BCUT2D eigenvalue weighted by Gasteiger charge is 2.12. The van der Waals surface area contributed by atoms with E-state index in [1.807, 2.05) is 25.9 Å². The fraction of sp³-hybridized carbons (Fsp3) is 0.545. The second kappa shape index (κ2) is 5.67. The molecule has 0 spiro atoms. The highest BCUT2D eigenvalue weighted by molar-refractivity contribution is 5.91. The van der Waals surface area contributed by atoms with E-state index in [0.717, 1.165) is 6.54 Å². The van der Waals surface area contributed by atoms with Crippen molar-refractivity contribution in [2.24, 2.45) is 5.73 Å². The van der Waals surface area contributed by atoms with Gasteiger partial charge < -0.3 is 20.4 Å². The molecule has 0 aromatic carbocycles. The van der Waals surface area contributed by atoms with E-state index >= 15 is 0 Å². The van der Waals surface area contributed by atoms with Crippen LogP contribution in [0.4, 0.5) is 0 Å². The summed E-state index contributed by atoms with van der Waals surface area (Å²) in [7, 11) is 3.90. The van der Waals surface area contributed by atoms with Gasteiger partial charge in [0.05, 0.1) is 6.04 Å². The smallest absolute Gasteiger partial charge is 0.287 e. The lowest BCUT2D eigenvalue weighted by Crippen LogP contribution is -2.31. The first-order valence-corrected chi connectivity index (χ1v) is 5.29. The highest BCUT2D eigenvalue weighted by atomic mass is 16.4. The molecule has 0 fully saturated rings. The fourth-order valence-electron chi connectivity index (χ4n) is 1.20. The lowest BCUT2D eigenvalue weighted by atomic mass is 10.3. The van der Waals surface area contributed by atoms with Crippen LogP contribution in [-0.2, 0) is 0 Å². The first-order chi connectivity index (χ1) is 7.50. The Morgan fingerprint density at radius 1 is 1.56 bits per heavy atom. The van der Waals surface area contributed by atoms with Crippen molar-refractivity contribution in [1.29, 1.82) is 0 Å². The number of furan rings is 1. The minimum Gasteiger partial charge on any atom is -0.454 e. The maximum absolute atomic E-state index is 11.6. The number of amides is 1. The first-order valence-electron chi connectivity index (χ1n) is 5.29. The van der Waals surface area contributed by atoms with Crippen molar-refractivity contribution in [2.45, 2.75) is 13.0 Å². The number of rotatable bonds is 5. The third-order valence-corrected chi connectivity index (χ3v) is 2.14. The summed E-state index contributed by atoms with van der Waals surface area (Å²) in [5.74, 6) is 0.734. The Morgan fingerprint density at radius 3 is 2.75 bits per heavy atom.